The van der Waals surface area contributed by atoms with Crippen LogP contribution in [-0.2, 0) is 20.8 Å². The van der Waals surface area contributed by atoms with E-state index >= 15 is 0 Å². The lowest BCUT2D eigenvalue weighted by molar-refractivity contribution is 0.204. The number of pyridine rings is 2. The van der Waals surface area contributed by atoms with Gasteiger partial charge in [-0.3, -0.25) is 14.9 Å². The zero-order valence-electron chi connectivity index (χ0n) is 15.8. The quantitative estimate of drug-likeness (QED) is 0.748. The molecule has 1 atom stereocenters. The Balaban J connectivity index is 1.56. The summed E-state index contributed by atoms with van der Waals surface area (Å²) in [5.41, 5.74) is 3.52. The highest BCUT2D eigenvalue weighted by Crippen LogP contribution is 2.38. The van der Waals surface area contributed by atoms with E-state index in [0.717, 1.165) is 32.2 Å². The van der Waals surface area contributed by atoms with E-state index in [1.807, 2.05) is 25.1 Å². The standard InChI is InChI=1S/C19H22N4O3S2/c1-14-17-10-16(13-22-6-8-23(9-7-22)28(2,25)26)27(24)19(17)18(12-21-14)15-4-3-5-20-11-15/h3-5,10-12H,6-9,13H2,1-2H3. The van der Waals surface area contributed by atoms with Crippen molar-refractivity contribution < 1.29 is 12.6 Å². The highest BCUT2D eigenvalue weighted by atomic mass is 32.2. The zero-order chi connectivity index (χ0) is 19.9. The number of piperazine rings is 1. The molecule has 0 amide bonds. The summed E-state index contributed by atoms with van der Waals surface area (Å²) < 4.78 is 38.2. The molecule has 2 aromatic heterocycles. The van der Waals surface area contributed by atoms with Gasteiger partial charge in [0, 0.05) is 78.6 Å². The molecule has 0 aliphatic carbocycles. The molecule has 0 radical (unpaired) electrons. The van der Waals surface area contributed by atoms with Gasteiger partial charge in [-0.25, -0.2) is 12.6 Å². The Hall–Kier alpha value is -1.94. The number of hydrogen-bond acceptors (Lipinski definition) is 6. The summed E-state index contributed by atoms with van der Waals surface area (Å²) in [6, 6.07) is 3.80. The third kappa shape index (κ3) is 3.67. The van der Waals surface area contributed by atoms with Crippen molar-refractivity contribution in [3.63, 3.8) is 0 Å². The normalized spacial score (nSPS) is 20.8. The Morgan fingerprint density at radius 3 is 2.57 bits per heavy atom. The topological polar surface area (TPSA) is 83.5 Å². The van der Waals surface area contributed by atoms with Gasteiger partial charge in [-0.15, -0.1) is 0 Å². The number of aromatic nitrogens is 2. The van der Waals surface area contributed by atoms with Crippen LogP contribution in [0.25, 0.3) is 17.2 Å². The van der Waals surface area contributed by atoms with Crippen molar-refractivity contribution in [2.75, 3.05) is 39.0 Å². The number of nitrogens with zero attached hydrogens (tertiary/aromatic N) is 4. The lowest BCUT2D eigenvalue weighted by Gasteiger charge is -2.33. The van der Waals surface area contributed by atoms with Crippen molar-refractivity contribution in [1.82, 2.24) is 19.2 Å². The van der Waals surface area contributed by atoms with Gasteiger partial charge in [0.2, 0.25) is 10.0 Å². The fourth-order valence-corrected chi connectivity index (χ4v) is 5.98. The molecule has 0 N–H and O–H groups in total. The van der Waals surface area contributed by atoms with Crippen LogP contribution in [0.5, 0.6) is 0 Å². The monoisotopic (exact) mass is 418 g/mol. The van der Waals surface area contributed by atoms with E-state index < -0.39 is 20.8 Å². The van der Waals surface area contributed by atoms with Gasteiger partial charge in [-0.05, 0) is 19.1 Å². The lowest BCUT2D eigenvalue weighted by Crippen LogP contribution is -2.48. The van der Waals surface area contributed by atoms with E-state index in [9.17, 15) is 12.6 Å². The first kappa shape index (κ1) is 19.4. The summed E-state index contributed by atoms with van der Waals surface area (Å²) >= 11 is 0. The molecule has 1 saturated heterocycles. The van der Waals surface area contributed by atoms with Gasteiger partial charge in [0.05, 0.1) is 22.0 Å². The molecule has 9 heteroatoms. The molecule has 4 rings (SSSR count). The summed E-state index contributed by atoms with van der Waals surface area (Å²) in [5, 5.41) is 0. The Morgan fingerprint density at radius 1 is 1.18 bits per heavy atom. The average molecular weight is 419 g/mol. The van der Waals surface area contributed by atoms with Gasteiger partial charge < -0.3 is 0 Å². The minimum absolute atomic E-state index is 0.465. The maximum atomic E-state index is 13.3. The van der Waals surface area contributed by atoms with E-state index in [1.165, 1.54) is 10.6 Å². The molecular formula is C19H22N4O3S2. The van der Waals surface area contributed by atoms with Crippen LogP contribution in [0.15, 0.2) is 40.5 Å². The first-order chi connectivity index (χ1) is 13.3. The maximum Gasteiger partial charge on any atom is 0.211 e. The van der Waals surface area contributed by atoms with Gasteiger partial charge in [0.15, 0.2) is 0 Å². The SMILES string of the molecule is Cc1ncc(-c2cccnc2)c2c1C=C(CN1CCN(S(C)(=O)=O)CC1)S2=O. The van der Waals surface area contributed by atoms with E-state index in [1.54, 1.807) is 18.6 Å². The second-order valence-corrected chi connectivity index (χ2v) is 10.5. The third-order valence-corrected chi connectivity index (χ3v) is 7.98. The van der Waals surface area contributed by atoms with Crippen molar-refractivity contribution in [2.24, 2.45) is 0 Å². The van der Waals surface area contributed by atoms with Crippen LogP contribution >= 0.6 is 0 Å². The summed E-state index contributed by atoms with van der Waals surface area (Å²) in [6.45, 7) is 4.67. The molecule has 2 aliphatic heterocycles. The van der Waals surface area contributed by atoms with Crippen molar-refractivity contribution >= 4 is 26.9 Å². The molecular weight excluding hydrogens is 396 g/mol. The Labute approximate surface area is 167 Å². The molecule has 7 nitrogen and oxygen atoms in total. The van der Waals surface area contributed by atoms with E-state index in [4.69, 9.17) is 0 Å². The average Bonchev–Trinajstić information content (AvgIpc) is 3.00. The van der Waals surface area contributed by atoms with Crippen LogP contribution in [0.2, 0.25) is 0 Å². The van der Waals surface area contributed by atoms with Crippen LogP contribution in [-0.4, -0.2) is 70.8 Å². The summed E-state index contributed by atoms with van der Waals surface area (Å²) in [4.78, 5) is 12.4. The molecule has 2 aromatic rings. The molecule has 0 bridgehead atoms. The summed E-state index contributed by atoms with van der Waals surface area (Å²) in [6.07, 6.45) is 8.46. The number of fused-ring (bicyclic) bond motifs is 1. The van der Waals surface area contributed by atoms with Crippen molar-refractivity contribution in [3.05, 3.63) is 46.9 Å². The number of rotatable bonds is 4. The Morgan fingerprint density at radius 2 is 1.93 bits per heavy atom. The first-order valence-electron chi connectivity index (χ1n) is 9.04. The van der Waals surface area contributed by atoms with E-state index in [0.29, 0.717) is 32.7 Å². The van der Waals surface area contributed by atoms with Crippen LogP contribution < -0.4 is 0 Å². The van der Waals surface area contributed by atoms with Gasteiger partial charge in [0.1, 0.15) is 0 Å². The number of sulfonamides is 1. The van der Waals surface area contributed by atoms with Crippen LogP contribution in [0.1, 0.15) is 11.3 Å². The number of aryl methyl sites for hydroxylation is 1. The van der Waals surface area contributed by atoms with Crippen molar-refractivity contribution in [2.45, 2.75) is 11.8 Å². The molecule has 1 unspecified atom stereocenters. The molecule has 4 heterocycles. The van der Waals surface area contributed by atoms with E-state index in [2.05, 4.69) is 14.9 Å². The minimum atomic E-state index is -3.16. The molecule has 0 aromatic carbocycles. The third-order valence-electron chi connectivity index (χ3n) is 5.15. The van der Waals surface area contributed by atoms with Crippen molar-refractivity contribution in [3.8, 4) is 11.1 Å². The van der Waals surface area contributed by atoms with Crippen LogP contribution in [0.4, 0.5) is 0 Å². The van der Waals surface area contributed by atoms with Crippen LogP contribution in [0, 0.1) is 6.92 Å². The minimum Gasteiger partial charge on any atom is -0.296 e. The molecule has 148 valence electrons. The van der Waals surface area contributed by atoms with Gasteiger partial charge in [-0.1, -0.05) is 6.07 Å². The Kier molecular flexibility index (Phi) is 5.17. The maximum absolute atomic E-state index is 13.3. The van der Waals surface area contributed by atoms with E-state index in [-0.39, 0.29) is 0 Å². The second-order valence-electron chi connectivity index (χ2n) is 7.06. The first-order valence-corrected chi connectivity index (χ1v) is 12.0. The molecule has 0 spiro atoms. The predicted octanol–water partition coefficient (Wildman–Crippen LogP) is 1.49. The fourth-order valence-electron chi connectivity index (χ4n) is 3.59. The Bertz CT molecular complexity index is 1060. The fraction of sp³-hybridized carbons (Fsp3) is 0.368. The largest absolute Gasteiger partial charge is 0.296 e. The van der Waals surface area contributed by atoms with Gasteiger partial charge >= 0.3 is 0 Å². The van der Waals surface area contributed by atoms with Gasteiger partial charge in [-0.2, -0.15) is 4.31 Å². The molecule has 2 aliphatic rings. The molecule has 1 fully saturated rings. The summed E-state index contributed by atoms with van der Waals surface area (Å²) in [5.74, 6) is 0. The highest BCUT2D eigenvalue weighted by molar-refractivity contribution is 7.89. The number of hydrogen-bond donors (Lipinski definition) is 0. The smallest absolute Gasteiger partial charge is 0.211 e. The predicted molar refractivity (Wildman–Crippen MR) is 109 cm³/mol. The molecule has 28 heavy (non-hydrogen) atoms. The molecule has 0 saturated carbocycles. The lowest BCUT2D eigenvalue weighted by atomic mass is 10.1. The zero-order valence-corrected chi connectivity index (χ0v) is 17.5. The van der Waals surface area contributed by atoms with Gasteiger partial charge in [0.25, 0.3) is 0 Å². The van der Waals surface area contributed by atoms with Crippen molar-refractivity contribution in [1.29, 1.82) is 0 Å². The summed E-state index contributed by atoms with van der Waals surface area (Å²) in [7, 11) is -4.42. The van der Waals surface area contributed by atoms with Crippen LogP contribution in [0.3, 0.4) is 0 Å². The second kappa shape index (κ2) is 7.47. The highest BCUT2D eigenvalue weighted by Gasteiger charge is 2.30.